The molecule has 0 saturated heterocycles. The topological polar surface area (TPSA) is 97.7 Å². The van der Waals surface area contributed by atoms with Crippen molar-refractivity contribution in [2.75, 3.05) is 20.3 Å². The van der Waals surface area contributed by atoms with Gasteiger partial charge >= 0.3 is 5.97 Å². The second-order valence-electron chi connectivity index (χ2n) is 7.34. The van der Waals surface area contributed by atoms with E-state index in [0.29, 0.717) is 51.8 Å². The first-order valence-electron chi connectivity index (χ1n) is 10.2. The third-order valence-corrected chi connectivity index (χ3v) is 5.55. The number of dihydropyridines is 1. The summed E-state index contributed by atoms with van der Waals surface area (Å²) in [5.74, 6) is -0.446. The maximum absolute atomic E-state index is 13.4. The standard InChI is InChI=1S/C25H22N2O5/c1-4-31-19-13-15(9-10-18(19)32-12-11-26)21-20(25(29)30-3)14(2)27-23-16-7-5-6-8-17(16)24(28)22(21)23/h5-10,13,21,27H,4,12H2,1-3H3/t21-/m1/s1. The van der Waals surface area contributed by atoms with Crippen LogP contribution in [-0.4, -0.2) is 32.1 Å². The lowest BCUT2D eigenvalue weighted by Gasteiger charge is -2.29. The lowest BCUT2D eigenvalue weighted by Crippen LogP contribution is -2.29. The van der Waals surface area contributed by atoms with Crippen molar-refractivity contribution in [2.45, 2.75) is 19.8 Å². The van der Waals surface area contributed by atoms with E-state index in [9.17, 15) is 9.59 Å². The van der Waals surface area contributed by atoms with Crippen LogP contribution in [0.2, 0.25) is 0 Å². The lowest BCUT2D eigenvalue weighted by molar-refractivity contribution is -0.136. The second kappa shape index (κ2) is 8.60. The number of benzene rings is 2. The zero-order chi connectivity index (χ0) is 22.8. The van der Waals surface area contributed by atoms with Crippen LogP contribution in [0.25, 0.3) is 5.70 Å². The number of hydrogen-bond acceptors (Lipinski definition) is 7. The van der Waals surface area contributed by atoms with E-state index in [2.05, 4.69) is 5.32 Å². The summed E-state index contributed by atoms with van der Waals surface area (Å²) < 4.78 is 16.3. The first kappa shape index (κ1) is 21.2. The highest BCUT2D eigenvalue weighted by molar-refractivity contribution is 6.23. The largest absolute Gasteiger partial charge is 0.490 e. The summed E-state index contributed by atoms with van der Waals surface area (Å²) in [6.07, 6.45) is 0. The fourth-order valence-electron chi connectivity index (χ4n) is 4.24. The SMILES string of the molecule is CCOc1cc([C@@H]2C(C(=O)OC)=C(C)NC3=C2C(=O)c2ccccc23)ccc1OCC#N. The molecule has 0 spiro atoms. The van der Waals surface area contributed by atoms with Crippen molar-refractivity contribution in [1.29, 1.82) is 5.26 Å². The third-order valence-electron chi connectivity index (χ3n) is 5.55. The minimum Gasteiger partial charge on any atom is -0.490 e. The summed E-state index contributed by atoms with van der Waals surface area (Å²) in [6.45, 7) is 3.90. The van der Waals surface area contributed by atoms with Gasteiger partial charge in [-0.3, -0.25) is 4.79 Å². The third kappa shape index (κ3) is 3.40. The quantitative estimate of drug-likeness (QED) is 0.698. The minimum absolute atomic E-state index is 0.123. The van der Waals surface area contributed by atoms with E-state index in [1.54, 1.807) is 31.2 Å². The van der Waals surface area contributed by atoms with Gasteiger partial charge in [0.15, 0.2) is 23.9 Å². The number of carbonyl (C=O) groups is 2. The molecule has 0 radical (unpaired) electrons. The van der Waals surface area contributed by atoms with Gasteiger partial charge in [0.25, 0.3) is 0 Å². The molecule has 2 aliphatic rings. The van der Waals surface area contributed by atoms with E-state index < -0.39 is 11.9 Å². The summed E-state index contributed by atoms with van der Waals surface area (Å²) in [6, 6.07) is 14.5. The highest BCUT2D eigenvalue weighted by atomic mass is 16.5. The molecule has 0 amide bonds. The molecule has 0 aromatic heterocycles. The lowest BCUT2D eigenvalue weighted by atomic mass is 9.79. The van der Waals surface area contributed by atoms with Crippen molar-refractivity contribution in [1.82, 2.24) is 5.32 Å². The Morgan fingerprint density at radius 2 is 1.88 bits per heavy atom. The molecule has 0 unspecified atom stereocenters. The molecule has 1 heterocycles. The van der Waals surface area contributed by atoms with Crippen molar-refractivity contribution in [3.05, 3.63) is 76.0 Å². The van der Waals surface area contributed by atoms with E-state index >= 15 is 0 Å². The Hall–Kier alpha value is -4.05. The van der Waals surface area contributed by atoms with Gasteiger partial charge in [-0.15, -0.1) is 0 Å². The molecule has 0 fully saturated rings. The molecule has 7 heteroatoms. The van der Waals surface area contributed by atoms with Gasteiger partial charge in [0, 0.05) is 28.3 Å². The molecule has 4 rings (SSSR count). The van der Waals surface area contributed by atoms with Crippen LogP contribution in [0.5, 0.6) is 11.5 Å². The van der Waals surface area contributed by atoms with Gasteiger partial charge in [0.2, 0.25) is 0 Å². The average molecular weight is 430 g/mol. The smallest absolute Gasteiger partial charge is 0.336 e. The molecule has 0 bridgehead atoms. The maximum Gasteiger partial charge on any atom is 0.336 e. The number of hydrogen-bond donors (Lipinski definition) is 1. The fourth-order valence-corrected chi connectivity index (χ4v) is 4.24. The zero-order valence-corrected chi connectivity index (χ0v) is 18.0. The van der Waals surface area contributed by atoms with Crippen LogP contribution in [0.15, 0.2) is 59.3 Å². The van der Waals surface area contributed by atoms with Gasteiger partial charge in [0.1, 0.15) is 6.07 Å². The average Bonchev–Trinajstić information content (AvgIpc) is 3.09. The molecule has 1 aliphatic heterocycles. The number of allylic oxidation sites excluding steroid dienone is 2. The first-order chi connectivity index (χ1) is 15.5. The highest BCUT2D eigenvalue weighted by Crippen LogP contribution is 2.47. The highest BCUT2D eigenvalue weighted by Gasteiger charge is 2.43. The van der Waals surface area contributed by atoms with Crippen LogP contribution in [0.4, 0.5) is 0 Å². The number of esters is 1. The van der Waals surface area contributed by atoms with Crippen molar-refractivity contribution < 1.29 is 23.8 Å². The summed E-state index contributed by atoms with van der Waals surface area (Å²) >= 11 is 0. The van der Waals surface area contributed by atoms with Crippen LogP contribution in [0.3, 0.4) is 0 Å². The number of methoxy groups -OCH3 is 1. The Labute approximate surface area is 185 Å². The number of fused-ring (bicyclic) bond motifs is 2. The number of nitrogens with one attached hydrogen (secondary N) is 1. The Balaban J connectivity index is 1.90. The molecular formula is C25H22N2O5. The number of carbonyl (C=O) groups excluding carboxylic acids is 2. The molecule has 1 aliphatic carbocycles. The number of nitriles is 1. The van der Waals surface area contributed by atoms with Gasteiger partial charge < -0.3 is 19.5 Å². The monoisotopic (exact) mass is 430 g/mol. The predicted molar refractivity (Wildman–Crippen MR) is 117 cm³/mol. The van der Waals surface area contributed by atoms with Gasteiger partial charge in [0.05, 0.1) is 25.0 Å². The van der Waals surface area contributed by atoms with Gasteiger partial charge in [-0.2, -0.15) is 5.26 Å². The van der Waals surface area contributed by atoms with Crippen molar-refractivity contribution in [3.63, 3.8) is 0 Å². The zero-order valence-electron chi connectivity index (χ0n) is 18.0. The summed E-state index contributed by atoms with van der Waals surface area (Å²) in [4.78, 5) is 26.2. The Kier molecular flexibility index (Phi) is 5.69. The van der Waals surface area contributed by atoms with E-state index in [-0.39, 0.29) is 12.4 Å². The van der Waals surface area contributed by atoms with Gasteiger partial charge in [-0.05, 0) is 31.5 Å². The molecule has 0 saturated carbocycles. The molecule has 2 aromatic rings. The Morgan fingerprint density at radius 3 is 2.56 bits per heavy atom. The predicted octanol–water partition coefficient (Wildman–Crippen LogP) is 3.73. The minimum atomic E-state index is -0.650. The number of Topliss-reactive ketones (excluding diaryl/α,β-unsaturated/α-hetero) is 1. The fraction of sp³-hybridized carbons (Fsp3) is 0.240. The Morgan fingerprint density at radius 1 is 1.12 bits per heavy atom. The Bertz CT molecular complexity index is 1220. The van der Waals surface area contributed by atoms with E-state index in [4.69, 9.17) is 19.5 Å². The summed E-state index contributed by atoms with van der Waals surface area (Å²) in [5, 5.41) is 12.1. The second-order valence-corrected chi connectivity index (χ2v) is 7.34. The number of rotatable bonds is 6. The van der Waals surface area contributed by atoms with E-state index in [0.717, 1.165) is 5.56 Å². The molecule has 2 aromatic carbocycles. The molecule has 1 N–H and O–H groups in total. The molecule has 32 heavy (non-hydrogen) atoms. The van der Waals surface area contributed by atoms with Crippen LogP contribution < -0.4 is 14.8 Å². The van der Waals surface area contributed by atoms with Crippen LogP contribution in [0.1, 0.15) is 41.3 Å². The van der Waals surface area contributed by atoms with E-state index in [1.807, 2.05) is 31.2 Å². The molecule has 7 nitrogen and oxygen atoms in total. The van der Waals surface area contributed by atoms with Crippen molar-refractivity contribution in [2.24, 2.45) is 0 Å². The van der Waals surface area contributed by atoms with Crippen LogP contribution in [-0.2, 0) is 9.53 Å². The first-order valence-corrected chi connectivity index (χ1v) is 10.2. The summed E-state index contributed by atoms with van der Waals surface area (Å²) in [5.41, 5.74) is 4.25. The maximum atomic E-state index is 13.4. The number of ether oxygens (including phenoxy) is 3. The number of ketones is 1. The molecule has 162 valence electrons. The van der Waals surface area contributed by atoms with Gasteiger partial charge in [-0.25, -0.2) is 4.79 Å². The normalized spacial score (nSPS) is 16.7. The van der Waals surface area contributed by atoms with E-state index in [1.165, 1.54) is 7.11 Å². The van der Waals surface area contributed by atoms with Crippen LogP contribution in [0, 0.1) is 11.3 Å². The van der Waals surface area contributed by atoms with Crippen LogP contribution >= 0.6 is 0 Å². The van der Waals surface area contributed by atoms with Crippen molar-refractivity contribution in [3.8, 4) is 17.6 Å². The van der Waals surface area contributed by atoms with Crippen molar-refractivity contribution >= 4 is 17.4 Å². The van der Waals surface area contributed by atoms with Gasteiger partial charge in [-0.1, -0.05) is 30.3 Å². The summed E-state index contributed by atoms with van der Waals surface area (Å²) in [7, 11) is 1.32. The molecular weight excluding hydrogens is 408 g/mol. The molecule has 1 atom stereocenters. The number of nitrogens with zero attached hydrogens (tertiary/aromatic N) is 1.